The molecule has 1 N–H and O–H groups in total. The number of hydrogen-bond acceptors (Lipinski definition) is 3. The van der Waals surface area contributed by atoms with E-state index in [1.807, 2.05) is 31.2 Å². The van der Waals surface area contributed by atoms with Gasteiger partial charge in [-0.05, 0) is 48.7 Å². The van der Waals surface area contributed by atoms with Crippen LogP contribution >= 0.6 is 11.6 Å². The molecule has 0 saturated heterocycles. The number of benzene rings is 2. The summed E-state index contributed by atoms with van der Waals surface area (Å²) in [5, 5.41) is 3.52. The Morgan fingerprint density at radius 2 is 1.66 bits per heavy atom. The molecule has 0 saturated carbocycles. The highest BCUT2D eigenvalue weighted by Gasteiger charge is 2.15. The third-order valence-corrected chi connectivity index (χ3v) is 5.90. The highest BCUT2D eigenvalue weighted by Crippen LogP contribution is 2.16. The number of rotatable bonds is 6. The van der Waals surface area contributed by atoms with Crippen LogP contribution < -0.4 is 5.32 Å². The van der Waals surface area contributed by atoms with Crippen LogP contribution in [0.5, 0.6) is 0 Å². The Morgan fingerprint density at radius 1 is 1.00 bits per heavy atom. The standard InChI is InChI=1S/C22H22ClN3O2S/c1-3-17-6-8-18(9-7-17)14-22(25-21-13-10-19(23)15-24-21)26-29(27,28)20-11-4-16(2)5-12-20/h4-13,15H,3,14H2,1-2H3,(H,24,25,26). The van der Waals surface area contributed by atoms with Gasteiger partial charge >= 0.3 is 0 Å². The van der Waals surface area contributed by atoms with Crippen molar-refractivity contribution in [3.05, 3.63) is 88.6 Å². The molecule has 3 aromatic rings. The second-order valence-corrected chi connectivity index (χ2v) is 8.70. The molecule has 0 radical (unpaired) electrons. The van der Waals surface area contributed by atoms with E-state index in [2.05, 4.69) is 21.6 Å². The third kappa shape index (κ3) is 5.89. The van der Waals surface area contributed by atoms with Gasteiger partial charge in [-0.3, -0.25) is 0 Å². The van der Waals surface area contributed by atoms with E-state index in [0.29, 0.717) is 17.3 Å². The summed E-state index contributed by atoms with van der Waals surface area (Å²) < 4.78 is 29.7. The number of hydrogen-bond donors (Lipinski definition) is 1. The largest absolute Gasteiger partial charge is 0.327 e. The maximum Gasteiger partial charge on any atom is 0.283 e. The number of anilines is 1. The van der Waals surface area contributed by atoms with Gasteiger partial charge in [-0.15, -0.1) is 4.40 Å². The average Bonchev–Trinajstić information content (AvgIpc) is 2.70. The number of halogens is 1. The lowest BCUT2D eigenvalue weighted by Gasteiger charge is -2.11. The Morgan fingerprint density at radius 3 is 2.24 bits per heavy atom. The molecule has 0 amide bonds. The molecule has 2 aromatic carbocycles. The summed E-state index contributed by atoms with van der Waals surface area (Å²) >= 11 is 5.89. The lowest BCUT2D eigenvalue weighted by atomic mass is 10.1. The lowest BCUT2D eigenvalue weighted by molar-refractivity contribution is 0.598. The van der Waals surface area contributed by atoms with Crippen molar-refractivity contribution >= 4 is 33.3 Å². The van der Waals surface area contributed by atoms with Crippen molar-refractivity contribution in [1.29, 1.82) is 0 Å². The Kier molecular flexibility index (Phi) is 6.67. The number of nitrogens with one attached hydrogen (secondary N) is 1. The summed E-state index contributed by atoms with van der Waals surface area (Å²) in [5.74, 6) is 0.752. The van der Waals surface area contributed by atoms with Crippen LogP contribution in [0.1, 0.15) is 23.6 Å². The van der Waals surface area contributed by atoms with E-state index in [-0.39, 0.29) is 10.7 Å². The van der Waals surface area contributed by atoms with Crippen LogP contribution in [0, 0.1) is 6.92 Å². The molecule has 7 heteroatoms. The predicted octanol–water partition coefficient (Wildman–Crippen LogP) is 5.05. The molecule has 1 heterocycles. The summed E-state index contributed by atoms with van der Waals surface area (Å²) in [6.45, 7) is 3.99. The molecule has 0 bridgehead atoms. The van der Waals surface area contributed by atoms with Crippen LogP contribution in [0.25, 0.3) is 0 Å². The van der Waals surface area contributed by atoms with Gasteiger partial charge in [0.2, 0.25) is 0 Å². The highest BCUT2D eigenvalue weighted by atomic mass is 35.5. The minimum atomic E-state index is -3.87. The second-order valence-electron chi connectivity index (χ2n) is 6.66. The molecule has 0 aliphatic heterocycles. The fraction of sp³-hybridized carbons (Fsp3) is 0.182. The van der Waals surface area contributed by atoms with E-state index in [1.165, 1.54) is 11.8 Å². The fourth-order valence-electron chi connectivity index (χ4n) is 2.69. The van der Waals surface area contributed by atoms with Crippen LogP contribution in [-0.2, 0) is 22.9 Å². The highest BCUT2D eigenvalue weighted by molar-refractivity contribution is 7.90. The van der Waals surface area contributed by atoms with Crippen LogP contribution in [0.15, 0.2) is 76.2 Å². The van der Waals surface area contributed by atoms with Gasteiger partial charge in [0.15, 0.2) is 0 Å². The van der Waals surface area contributed by atoms with Crippen molar-refractivity contribution in [2.45, 2.75) is 31.6 Å². The molecule has 0 aliphatic carbocycles. The molecular weight excluding hydrogens is 406 g/mol. The molecule has 150 valence electrons. The maximum absolute atomic E-state index is 12.8. The monoisotopic (exact) mass is 427 g/mol. The Hall–Kier alpha value is -2.70. The van der Waals surface area contributed by atoms with Gasteiger partial charge in [-0.2, -0.15) is 8.42 Å². The Balaban J connectivity index is 1.94. The lowest BCUT2D eigenvalue weighted by Crippen LogP contribution is -2.18. The zero-order valence-corrected chi connectivity index (χ0v) is 17.8. The number of amidine groups is 1. The maximum atomic E-state index is 12.8. The molecule has 0 spiro atoms. The number of nitrogens with zero attached hydrogens (tertiary/aromatic N) is 2. The van der Waals surface area contributed by atoms with Gasteiger partial charge in [-0.1, -0.05) is 60.5 Å². The topological polar surface area (TPSA) is 71.4 Å². The van der Waals surface area contributed by atoms with Crippen LogP contribution in [0.3, 0.4) is 0 Å². The molecule has 1 aromatic heterocycles. The third-order valence-electron chi connectivity index (χ3n) is 4.35. The number of sulfonamides is 1. The first-order valence-electron chi connectivity index (χ1n) is 9.22. The normalized spacial score (nSPS) is 12.0. The van der Waals surface area contributed by atoms with E-state index < -0.39 is 10.0 Å². The van der Waals surface area contributed by atoms with E-state index >= 15 is 0 Å². The molecular formula is C22H22ClN3O2S. The summed E-state index contributed by atoms with van der Waals surface area (Å²) in [6, 6.07) is 18.0. The van der Waals surface area contributed by atoms with Gasteiger partial charge in [0.25, 0.3) is 10.0 Å². The van der Waals surface area contributed by atoms with Crippen molar-refractivity contribution in [1.82, 2.24) is 4.98 Å². The van der Waals surface area contributed by atoms with Crippen molar-refractivity contribution < 1.29 is 8.42 Å². The summed E-state index contributed by atoms with van der Waals surface area (Å²) in [7, 11) is -3.87. The minimum absolute atomic E-state index is 0.146. The average molecular weight is 428 g/mol. The van der Waals surface area contributed by atoms with Gasteiger partial charge in [0.05, 0.1) is 9.92 Å². The Bertz CT molecular complexity index is 1090. The molecule has 0 unspecified atom stereocenters. The summed E-state index contributed by atoms with van der Waals surface area (Å²) in [6.07, 6.45) is 2.75. The fourth-order valence-corrected chi connectivity index (χ4v) is 3.79. The first-order chi connectivity index (χ1) is 13.9. The summed E-state index contributed by atoms with van der Waals surface area (Å²) in [4.78, 5) is 4.33. The number of aromatic nitrogens is 1. The van der Waals surface area contributed by atoms with E-state index in [1.54, 1.807) is 36.4 Å². The molecule has 29 heavy (non-hydrogen) atoms. The number of aryl methyl sites for hydroxylation is 2. The van der Waals surface area contributed by atoms with Crippen molar-refractivity contribution in [3.63, 3.8) is 0 Å². The first-order valence-corrected chi connectivity index (χ1v) is 11.0. The van der Waals surface area contributed by atoms with E-state index in [0.717, 1.165) is 17.5 Å². The van der Waals surface area contributed by atoms with Crippen LogP contribution in [0.2, 0.25) is 5.02 Å². The minimum Gasteiger partial charge on any atom is -0.327 e. The van der Waals surface area contributed by atoms with E-state index in [4.69, 9.17) is 11.6 Å². The molecule has 0 atom stereocenters. The van der Waals surface area contributed by atoms with Crippen LogP contribution in [-0.4, -0.2) is 19.2 Å². The zero-order chi connectivity index (χ0) is 20.9. The quantitative estimate of drug-likeness (QED) is 0.441. The first kappa shape index (κ1) is 21.0. The predicted molar refractivity (Wildman–Crippen MR) is 118 cm³/mol. The molecule has 3 rings (SSSR count). The number of pyridine rings is 1. The van der Waals surface area contributed by atoms with Gasteiger partial charge in [0.1, 0.15) is 11.7 Å². The zero-order valence-electron chi connectivity index (χ0n) is 16.3. The smallest absolute Gasteiger partial charge is 0.283 e. The van der Waals surface area contributed by atoms with Gasteiger partial charge < -0.3 is 5.32 Å². The molecule has 0 fully saturated rings. The van der Waals surface area contributed by atoms with E-state index in [9.17, 15) is 8.42 Å². The summed E-state index contributed by atoms with van der Waals surface area (Å²) in [5.41, 5.74) is 3.14. The van der Waals surface area contributed by atoms with Gasteiger partial charge in [-0.25, -0.2) is 4.98 Å². The van der Waals surface area contributed by atoms with Crippen molar-refractivity contribution in [2.24, 2.45) is 4.40 Å². The molecule has 5 nitrogen and oxygen atoms in total. The van der Waals surface area contributed by atoms with Crippen LogP contribution in [0.4, 0.5) is 5.82 Å². The molecule has 0 aliphatic rings. The SMILES string of the molecule is CCc1ccc(CC(=NS(=O)(=O)c2ccc(C)cc2)Nc2ccc(Cl)cn2)cc1. The van der Waals surface area contributed by atoms with Gasteiger partial charge in [0, 0.05) is 12.6 Å². The second kappa shape index (κ2) is 9.20. The Labute approximate surface area is 176 Å². The van der Waals surface area contributed by atoms with Crippen molar-refractivity contribution in [3.8, 4) is 0 Å². The van der Waals surface area contributed by atoms with Crippen molar-refractivity contribution in [2.75, 3.05) is 5.32 Å².